The van der Waals surface area contributed by atoms with E-state index in [1.165, 1.54) is 0 Å². The number of fused-ring (bicyclic) bond motifs is 5. The maximum absolute atomic E-state index is 13.1. The van der Waals surface area contributed by atoms with E-state index in [2.05, 4.69) is 33.8 Å². The zero-order chi connectivity index (χ0) is 24.6. The van der Waals surface area contributed by atoms with Gasteiger partial charge in [-0.15, -0.1) is 0 Å². The fourth-order valence-corrected chi connectivity index (χ4v) is 8.08. The van der Waals surface area contributed by atoms with E-state index in [1.54, 1.807) is 18.7 Å². The fourth-order valence-electron chi connectivity index (χ4n) is 7.59. The maximum atomic E-state index is 13.1. The smallest absolute Gasteiger partial charge is 0.323 e. The van der Waals surface area contributed by atoms with Crippen molar-refractivity contribution in [3.63, 3.8) is 0 Å². The summed E-state index contributed by atoms with van der Waals surface area (Å²) in [6.07, 6.45) is 7.40. The van der Waals surface area contributed by atoms with Gasteiger partial charge in [-0.25, -0.2) is 0 Å². The highest BCUT2D eigenvalue weighted by molar-refractivity contribution is 7.98. The van der Waals surface area contributed by atoms with E-state index in [9.17, 15) is 19.8 Å². The molecule has 0 aromatic rings. The lowest BCUT2D eigenvalue weighted by Crippen LogP contribution is -2.55. The molecule has 8 atom stereocenters. The van der Waals surface area contributed by atoms with Crippen molar-refractivity contribution in [2.45, 2.75) is 71.1 Å². The Labute approximate surface area is 201 Å². The number of allylic oxidation sites excluding steroid dienone is 1. The molecule has 33 heavy (non-hydrogen) atoms. The first kappa shape index (κ1) is 25.0. The molecule has 4 aliphatic rings. The number of aliphatic hydroxyl groups excluding tert-OH is 1. The number of carbonyl (C=O) groups excluding carboxylic acids is 2. The molecule has 4 N–H and O–H groups in total. The largest absolute Gasteiger partial charge is 0.457 e. The summed E-state index contributed by atoms with van der Waals surface area (Å²) in [6.45, 7) is 10.2. The van der Waals surface area contributed by atoms with Crippen LogP contribution in [0.4, 0.5) is 0 Å². The third-order valence-corrected chi connectivity index (χ3v) is 10.4. The van der Waals surface area contributed by atoms with Crippen molar-refractivity contribution in [3.8, 4) is 0 Å². The average molecular weight is 478 g/mol. The summed E-state index contributed by atoms with van der Waals surface area (Å²) in [5.74, 6) is -0.102. The summed E-state index contributed by atoms with van der Waals surface area (Å²) in [5.41, 5.74) is 4.56. The van der Waals surface area contributed by atoms with Gasteiger partial charge in [0.15, 0.2) is 5.78 Å². The molecule has 0 heterocycles. The molecule has 6 nitrogen and oxygen atoms in total. The molecule has 0 aromatic carbocycles. The lowest BCUT2D eigenvalue weighted by Gasteiger charge is -2.52. The highest BCUT2D eigenvalue weighted by Crippen LogP contribution is 2.78. The van der Waals surface area contributed by atoms with Crippen LogP contribution in [0.5, 0.6) is 0 Å². The molecule has 0 unspecified atom stereocenters. The van der Waals surface area contributed by atoms with E-state index in [4.69, 9.17) is 10.5 Å². The van der Waals surface area contributed by atoms with Gasteiger partial charge in [-0.3, -0.25) is 9.59 Å². The van der Waals surface area contributed by atoms with E-state index in [0.29, 0.717) is 24.0 Å². The molecule has 2 fully saturated rings. The number of thioether (sulfide) groups is 1. The van der Waals surface area contributed by atoms with Gasteiger partial charge in [0, 0.05) is 23.7 Å². The Morgan fingerprint density at radius 2 is 2.00 bits per heavy atom. The third kappa shape index (κ3) is 3.25. The lowest BCUT2D eigenvalue weighted by molar-refractivity contribution is -0.166. The normalized spacial score (nSPS) is 44.0. The maximum Gasteiger partial charge on any atom is 0.323 e. The van der Waals surface area contributed by atoms with Crippen LogP contribution in [0.2, 0.25) is 0 Å². The highest BCUT2D eigenvalue weighted by Gasteiger charge is 2.82. The van der Waals surface area contributed by atoms with Gasteiger partial charge in [-0.1, -0.05) is 39.8 Å². The molecule has 0 bridgehead atoms. The van der Waals surface area contributed by atoms with Gasteiger partial charge in [-0.2, -0.15) is 11.8 Å². The standard InChI is InChI=1S/C26H39NO5S/c1-14-9-19-24(5)15(2)11-26(32-22(30)18(27)7-8-33-6)20(23(26,3)4)17(24)10-16(13-28)12-25(19,31)21(14)29/h9-10,15,17-20,28,31H,7-8,11-13,27H2,1-6H3/t15-,17+,18+,19+,20+,24+,25-,26+/m1/s1. The van der Waals surface area contributed by atoms with E-state index in [1.807, 2.05) is 12.3 Å². The molecule has 0 aromatic heterocycles. The minimum atomic E-state index is -1.54. The van der Waals surface area contributed by atoms with Crippen LogP contribution < -0.4 is 5.73 Å². The summed E-state index contributed by atoms with van der Waals surface area (Å²) in [6, 6.07) is -0.645. The Kier molecular flexibility index (Phi) is 6.00. The van der Waals surface area contributed by atoms with Crippen LogP contribution in [-0.2, 0) is 14.3 Å². The summed E-state index contributed by atoms with van der Waals surface area (Å²) in [7, 11) is 0. The first-order valence-corrected chi connectivity index (χ1v) is 13.4. The van der Waals surface area contributed by atoms with Crippen LogP contribution in [-0.4, -0.2) is 57.8 Å². The van der Waals surface area contributed by atoms with Crippen LogP contribution in [0.15, 0.2) is 23.3 Å². The zero-order valence-electron chi connectivity index (χ0n) is 20.7. The summed E-state index contributed by atoms with van der Waals surface area (Å²) in [4.78, 5) is 26.1. The fraction of sp³-hybridized carbons (Fsp3) is 0.769. The van der Waals surface area contributed by atoms with Crippen LogP contribution >= 0.6 is 11.8 Å². The number of Topliss-reactive ketones (excluding diaryl/α,β-unsaturated/α-hetero) is 1. The van der Waals surface area contributed by atoms with Crippen LogP contribution in [0.1, 0.15) is 53.9 Å². The van der Waals surface area contributed by atoms with Crippen LogP contribution in [0.3, 0.4) is 0 Å². The number of aliphatic hydroxyl groups is 2. The molecule has 0 spiro atoms. The predicted molar refractivity (Wildman–Crippen MR) is 129 cm³/mol. The number of carbonyl (C=O) groups is 2. The molecule has 0 amide bonds. The number of rotatable bonds is 6. The number of esters is 1. The van der Waals surface area contributed by atoms with Crippen molar-refractivity contribution in [3.05, 3.63) is 23.3 Å². The summed E-state index contributed by atoms with van der Waals surface area (Å²) < 4.78 is 6.27. The van der Waals surface area contributed by atoms with Crippen LogP contribution in [0.25, 0.3) is 0 Å². The average Bonchev–Trinajstić information content (AvgIpc) is 3.16. The SMILES string of the molecule is CSCC[C@H](N)C(=O)O[C@@]12C[C@@H](C)[C@@]3(C)[C@@H](C=C(CO)C[C@]4(O)C(=O)C(C)=C[C@@H]34)[C@H]1C2(C)C. The Balaban J connectivity index is 1.75. The van der Waals surface area contributed by atoms with Crippen molar-refractivity contribution in [2.75, 3.05) is 18.6 Å². The predicted octanol–water partition coefficient (Wildman–Crippen LogP) is 2.87. The minimum absolute atomic E-state index is 0.0243. The van der Waals surface area contributed by atoms with E-state index >= 15 is 0 Å². The van der Waals surface area contributed by atoms with E-state index in [0.717, 1.165) is 5.75 Å². The van der Waals surface area contributed by atoms with Crippen molar-refractivity contribution in [2.24, 2.45) is 40.2 Å². The lowest BCUT2D eigenvalue weighted by atomic mass is 9.53. The van der Waals surface area contributed by atoms with E-state index < -0.39 is 22.7 Å². The quantitative estimate of drug-likeness (QED) is 0.399. The monoisotopic (exact) mass is 477 g/mol. The first-order chi connectivity index (χ1) is 15.3. The molecule has 184 valence electrons. The first-order valence-electron chi connectivity index (χ1n) is 12.0. The Morgan fingerprint density at radius 3 is 2.61 bits per heavy atom. The van der Waals surface area contributed by atoms with Gasteiger partial charge in [-0.05, 0) is 60.2 Å². The second-order valence-corrected chi connectivity index (χ2v) is 12.6. The van der Waals surface area contributed by atoms with Crippen LogP contribution in [0, 0.1) is 34.5 Å². The topological polar surface area (TPSA) is 110 Å². The number of ketones is 1. The minimum Gasteiger partial charge on any atom is -0.457 e. The van der Waals surface area contributed by atoms with Crippen molar-refractivity contribution in [1.82, 2.24) is 0 Å². The van der Waals surface area contributed by atoms with E-state index in [-0.39, 0.29) is 53.9 Å². The van der Waals surface area contributed by atoms with Gasteiger partial charge in [0.25, 0.3) is 0 Å². The Bertz CT molecular complexity index is 928. The van der Waals surface area contributed by atoms with Gasteiger partial charge in [0.2, 0.25) is 0 Å². The van der Waals surface area contributed by atoms with Gasteiger partial charge < -0.3 is 20.7 Å². The zero-order valence-corrected chi connectivity index (χ0v) is 21.5. The number of hydrogen-bond donors (Lipinski definition) is 3. The van der Waals surface area contributed by atoms with Crippen molar-refractivity contribution in [1.29, 1.82) is 0 Å². The molecule has 0 radical (unpaired) electrons. The molecule has 0 aliphatic heterocycles. The highest BCUT2D eigenvalue weighted by atomic mass is 32.2. The van der Waals surface area contributed by atoms with Crippen molar-refractivity contribution >= 4 is 23.5 Å². The number of hydrogen-bond acceptors (Lipinski definition) is 7. The van der Waals surface area contributed by atoms with Crippen molar-refractivity contribution < 1.29 is 24.5 Å². The Morgan fingerprint density at radius 1 is 1.33 bits per heavy atom. The summed E-state index contributed by atoms with van der Waals surface area (Å²) >= 11 is 1.66. The molecular weight excluding hydrogens is 438 g/mol. The summed E-state index contributed by atoms with van der Waals surface area (Å²) in [5, 5.41) is 21.8. The Hall–Kier alpha value is -1.15. The molecule has 4 rings (SSSR count). The molecule has 4 aliphatic carbocycles. The molecule has 0 saturated heterocycles. The second kappa shape index (κ2) is 7.94. The molecule has 7 heteroatoms. The van der Waals surface area contributed by atoms with Gasteiger partial charge >= 0.3 is 5.97 Å². The third-order valence-electron chi connectivity index (χ3n) is 9.72. The van der Waals surface area contributed by atoms with Gasteiger partial charge in [0.05, 0.1) is 6.61 Å². The van der Waals surface area contributed by atoms with Gasteiger partial charge in [0.1, 0.15) is 17.2 Å². The molecular formula is C26H39NO5S. The molecule has 2 saturated carbocycles. The second-order valence-electron chi connectivity index (χ2n) is 11.6. The number of nitrogens with two attached hydrogens (primary N) is 1. The number of ether oxygens (including phenoxy) is 1.